The highest BCUT2D eigenvalue weighted by molar-refractivity contribution is 9.10. The molecule has 3 aromatic heterocycles. The zero-order valence-electron chi connectivity index (χ0n) is 15.1. The summed E-state index contributed by atoms with van der Waals surface area (Å²) in [4.78, 5) is 26.9. The number of aromatic hydroxyl groups is 1. The third kappa shape index (κ3) is 2.46. The van der Waals surface area contributed by atoms with Gasteiger partial charge in [0.15, 0.2) is 0 Å². The minimum atomic E-state index is -0.240. The fraction of sp³-hybridized carbons (Fsp3) is 0.211. The van der Waals surface area contributed by atoms with Crippen molar-refractivity contribution < 1.29 is 5.11 Å². The lowest BCUT2D eigenvalue weighted by molar-refractivity contribution is 0.428. The number of halogens is 1. The van der Waals surface area contributed by atoms with Crippen LogP contribution in [-0.2, 0) is 13.1 Å². The van der Waals surface area contributed by atoms with Crippen LogP contribution in [0.1, 0.15) is 11.3 Å². The topological polar surface area (TPSA) is 92.0 Å². The molecule has 1 aliphatic rings. The van der Waals surface area contributed by atoms with E-state index in [1.165, 1.54) is 10.9 Å². The molecule has 4 aromatic rings. The molecule has 0 bridgehead atoms. The minimum absolute atomic E-state index is 0.0381. The fourth-order valence-electron chi connectivity index (χ4n) is 3.81. The van der Waals surface area contributed by atoms with Crippen molar-refractivity contribution in [2.24, 2.45) is 0 Å². The van der Waals surface area contributed by atoms with Crippen LogP contribution in [0.25, 0.3) is 16.7 Å². The van der Waals surface area contributed by atoms with Gasteiger partial charge in [0.05, 0.1) is 17.6 Å². The minimum Gasteiger partial charge on any atom is -0.493 e. The van der Waals surface area contributed by atoms with Crippen molar-refractivity contribution in [3.63, 3.8) is 0 Å². The largest absolute Gasteiger partial charge is 0.493 e. The van der Waals surface area contributed by atoms with Gasteiger partial charge in [-0.15, -0.1) is 0 Å². The number of fused-ring (bicyclic) bond motifs is 2. The number of benzene rings is 1. The molecule has 0 radical (unpaired) electrons. The van der Waals surface area contributed by atoms with E-state index in [4.69, 9.17) is 0 Å². The number of hydrogen-bond donors (Lipinski definition) is 2. The predicted octanol–water partition coefficient (Wildman–Crippen LogP) is 2.71. The van der Waals surface area contributed by atoms with Gasteiger partial charge < -0.3 is 15.0 Å². The number of hydrogen-bond acceptors (Lipinski definition) is 5. The van der Waals surface area contributed by atoms with Gasteiger partial charge in [-0.2, -0.15) is 0 Å². The second-order valence-corrected chi connectivity index (χ2v) is 7.75. The lowest BCUT2D eigenvalue weighted by atomic mass is 10.2. The van der Waals surface area contributed by atoms with Crippen molar-refractivity contribution in [2.75, 3.05) is 11.4 Å². The highest BCUT2D eigenvalue weighted by Gasteiger charge is 2.28. The summed E-state index contributed by atoms with van der Waals surface area (Å²) in [6.07, 6.45) is 3.44. The number of imidazole rings is 1. The van der Waals surface area contributed by atoms with E-state index in [0.29, 0.717) is 31.0 Å². The zero-order valence-corrected chi connectivity index (χ0v) is 16.6. The first-order valence-electron chi connectivity index (χ1n) is 8.87. The van der Waals surface area contributed by atoms with E-state index in [-0.39, 0.29) is 11.6 Å². The maximum atomic E-state index is 12.9. The van der Waals surface area contributed by atoms with E-state index in [1.54, 1.807) is 10.6 Å². The normalized spacial score (nSPS) is 13.9. The Kier molecular flexibility index (Phi) is 3.80. The molecule has 142 valence electrons. The van der Waals surface area contributed by atoms with Crippen LogP contribution in [0.15, 0.2) is 46.1 Å². The third-order valence-corrected chi connectivity index (χ3v) is 5.66. The Balaban J connectivity index is 1.61. The van der Waals surface area contributed by atoms with E-state index in [0.717, 1.165) is 26.9 Å². The van der Waals surface area contributed by atoms with Crippen LogP contribution in [0.3, 0.4) is 0 Å². The van der Waals surface area contributed by atoms with E-state index < -0.39 is 0 Å². The van der Waals surface area contributed by atoms with Crippen molar-refractivity contribution in [3.05, 3.63) is 63.0 Å². The Morgan fingerprint density at radius 2 is 2.11 bits per heavy atom. The summed E-state index contributed by atoms with van der Waals surface area (Å²) in [6.45, 7) is 3.48. The average Bonchev–Trinajstić information content (AvgIpc) is 3.19. The predicted molar refractivity (Wildman–Crippen MR) is 109 cm³/mol. The second-order valence-electron chi connectivity index (χ2n) is 6.83. The summed E-state index contributed by atoms with van der Waals surface area (Å²) in [5.74, 6) is 0.765. The Labute approximate surface area is 168 Å². The van der Waals surface area contributed by atoms with Crippen LogP contribution in [0.5, 0.6) is 5.88 Å². The molecule has 9 heteroatoms. The molecule has 0 saturated carbocycles. The molecule has 28 heavy (non-hydrogen) atoms. The summed E-state index contributed by atoms with van der Waals surface area (Å²) in [5, 5.41) is 11.8. The first kappa shape index (κ1) is 17.1. The highest BCUT2D eigenvalue weighted by atomic mass is 79.9. The Morgan fingerprint density at radius 3 is 2.93 bits per heavy atom. The van der Waals surface area contributed by atoms with Crippen LogP contribution in [0, 0.1) is 6.92 Å². The van der Waals surface area contributed by atoms with Crippen molar-refractivity contribution in [1.29, 1.82) is 0 Å². The van der Waals surface area contributed by atoms with E-state index in [2.05, 4.69) is 35.8 Å². The van der Waals surface area contributed by atoms with Crippen LogP contribution in [-0.4, -0.2) is 35.7 Å². The number of anilines is 1. The lowest BCUT2D eigenvalue weighted by Gasteiger charge is -2.29. The number of H-pyrrole nitrogens is 1. The number of aromatic amines is 1. The van der Waals surface area contributed by atoms with Gasteiger partial charge in [-0.25, -0.2) is 19.3 Å². The van der Waals surface area contributed by atoms with Crippen molar-refractivity contribution >= 4 is 32.8 Å². The smallest absolute Gasteiger partial charge is 0.336 e. The number of nitrogens with zero attached hydrogens (tertiary/aromatic N) is 5. The van der Waals surface area contributed by atoms with Gasteiger partial charge >= 0.3 is 5.69 Å². The Hall–Kier alpha value is -3.07. The molecule has 2 N–H and O–H groups in total. The molecule has 1 aliphatic heterocycles. The van der Waals surface area contributed by atoms with Crippen molar-refractivity contribution in [2.45, 2.75) is 20.0 Å². The number of rotatable bonds is 2. The van der Waals surface area contributed by atoms with E-state index >= 15 is 0 Å². The SMILES string of the molecule is Cc1c[nH]c2ncnc(N3CCn4c(c(O)n(-c5cccc(Br)c5)c4=O)C3)c12. The molecule has 5 rings (SSSR count). The van der Waals surface area contributed by atoms with Gasteiger partial charge in [0.25, 0.3) is 0 Å². The molecular formula is C19H17BrN6O2. The Morgan fingerprint density at radius 1 is 1.25 bits per heavy atom. The molecule has 0 saturated heterocycles. The molecule has 8 nitrogen and oxygen atoms in total. The number of aromatic nitrogens is 5. The molecule has 0 spiro atoms. The molecule has 0 atom stereocenters. The first-order chi connectivity index (χ1) is 13.5. The molecule has 4 heterocycles. The quantitative estimate of drug-likeness (QED) is 0.499. The van der Waals surface area contributed by atoms with Gasteiger partial charge in [-0.1, -0.05) is 22.0 Å². The molecule has 1 aromatic carbocycles. The van der Waals surface area contributed by atoms with Crippen LogP contribution < -0.4 is 10.6 Å². The molecule has 0 unspecified atom stereocenters. The molecule has 0 aliphatic carbocycles. The molecular weight excluding hydrogens is 424 g/mol. The average molecular weight is 441 g/mol. The third-order valence-electron chi connectivity index (χ3n) is 5.17. The Bertz CT molecular complexity index is 1270. The maximum absolute atomic E-state index is 12.9. The van der Waals surface area contributed by atoms with Crippen LogP contribution in [0.2, 0.25) is 0 Å². The van der Waals surface area contributed by atoms with Crippen molar-refractivity contribution in [1.82, 2.24) is 24.1 Å². The van der Waals surface area contributed by atoms with Gasteiger partial charge in [0.1, 0.15) is 23.5 Å². The maximum Gasteiger partial charge on any atom is 0.336 e. The van der Waals surface area contributed by atoms with Gasteiger partial charge in [-0.05, 0) is 30.7 Å². The fourth-order valence-corrected chi connectivity index (χ4v) is 4.20. The number of aryl methyl sites for hydroxylation is 1. The molecule has 0 amide bonds. The van der Waals surface area contributed by atoms with Crippen molar-refractivity contribution in [3.8, 4) is 11.6 Å². The highest BCUT2D eigenvalue weighted by Crippen LogP contribution is 2.31. The first-order valence-corrected chi connectivity index (χ1v) is 9.67. The monoisotopic (exact) mass is 440 g/mol. The lowest BCUT2D eigenvalue weighted by Crippen LogP contribution is -2.38. The van der Waals surface area contributed by atoms with Crippen LogP contribution in [0.4, 0.5) is 5.82 Å². The summed E-state index contributed by atoms with van der Waals surface area (Å²) in [6, 6.07) is 7.32. The standard InChI is InChI=1S/C19H17BrN6O2/c1-11-8-21-16-15(11)17(23-10-22-16)24-5-6-25-14(9-24)18(27)26(19(25)28)13-4-2-3-12(20)7-13/h2-4,7-8,10,27H,5-6,9H2,1H3,(H,21,22,23). The summed E-state index contributed by atoms with van der Waals surface area (Å²) >= 11 is 3.42. The van der Waals surface area contributed by atoms with Gasteiger partial charge in [-0.3, -0.25) is 4.57 Å². The van der Waals surface area contributed by atoms with E-state index in [9.17, 15) is 9.90 Å². The number of nitrogens with one attached hydrogen (secondary N) is 1. The summed E-state index contributed by atoms with van der Waals surface area (Å²) in [5.41, 5.74) is 2.80. The van der Waals surface area contributed by atoms with Gasteiger partial charge in [0, 0.05) is 23.8 Å². The molecule has 0 fully saturated rings. The zero-order chi connectivity index (χ0) is 19.4. The summed E-state index contributed by atoms with van der Waals surface area (Å²) < 4.78 is 3.82. The van der Waals surface area contributed by atoms with Crippen LogP contribution >= 0.6 is 15.9 Å². The second kappa shape index (κ2) is 6.23. The van der Waals surface area contributed by atoms with E-state index in [1.807, 2.05) is 31.3 Å². The summed E-state index contributed by atoms with van der Waals surface area (Å²) in [7, 11) is 0. The van der Waals surface area contributed by atoms with Gasteiger partial charge in [0.2, 0.25) is 5.88 Å².